The van der Waals surface area contributed by atoms with Crippen LogP contribution < -0.4 is 10.6 Å². The van der Waals surface area contributed by atoms with Crippen LogP contribution in [0.2, 0.25) is 0 Å². The van der Waals surface area contributed by atoms with Crippen LogP contribution in [0, 0.1) is 18.8 Å². The Morgan fingerprint density at radius 3 is 2.60 bits per heavy atom. The number of piperidine rings is 1. The monoisotopic (exact) mass is 414 g/mol. The lowest BCUT2D eigenvalue weighted by molar-refractivity contribution is -0.121. The van der Waals surface area contributed by atoms with Gasteiger partial charge in [0.05, 0.1) is 6.10 Å². The summed E-state index contributed by atoms with van der Waals surface area (Å²) in [6.45, 7) is 8.61. The molecule has 6 nitrogen and oxygen atoms in total. The average Bonchev–Trinajstić information content (AvgIpc) is 2.78. The van der Waals surface area contributed by atoms with Crippen molar-refractivity contribution in [2.45, 2.75) is 52.1 Å². The number of hydrogen-bond donors (Lipinski definition) is 2. The largest absolute Gasteiger partial charge is 0.373 e. The van der Waals surface area contributed by atoms with Crippen LogP contribution in [0.3, 0.4) is 0 Å². The lowest BCUT2D eigenvalue weighted by Crippen LogP contribution is -2.46. The Morgan fingerprint density at radius 2 is 1.93 bits per heavy atom. The second kappa shape index (κ2) is 11.3. The minimum Gasteiger partial charge on any atom is -0.373 e. The number of amides is 1. The number of carbonyl (C=O) groups excluding carboxylic acids is 1. The number of carbonyl (C=O) groups is 1. The fourth-order valence-corrected chi connectivity index (χ4v) is 4.50. The third-order valence-corrected chi connectivity index (χ3v) is 6.33. The Bertz CT molecular complexity index is 696. The topological polar surface area (TPSA) is 66.0 Å². The zero-order chi connectivity index (χ0) is 21.3. The number of likely N-dealkylation sites (tertiary alicyclic amines) is 1. The summed E-state index contributed by atoms with van der Waals surface area (Å²) >= 11 is 0. The molecule has 0 saturated carbocycles. The summed E-state index contributed by atoms with van der Waals surface area (Å²) < 4.78 is 6.17. The maximum Gasteiger partial charge on any atom is 0.220 e. The van der Waals surface area contributed by atoms with E-state index in [2.05, 4.69) is 53.6 Å². The maximum absolute atomic E-state index is 11.7. The molecule has 2 saturated heterocycles. The van der Waals surface area contributed by atoms with Crippen molar-refractivity contribution in [1.29, 1.82) is 0 Å². The van der Waals surface area contributed by atoms with Crippen molar-refractivity contribution in [2.75, 3.05) is 39.8 Å². The van der Waals surface area contributed by atoms with E-state index in [1.165, 1.54) is 11.1 Å². The number of hydrogen-bond acceptors (Lipinski definition) is 3. The first-order valence-electron chi connectivity index (χ1n) is 11.5. The summed E-state index contributed by atoms with van der Waals surface area (Å²) in [5, 5.41) is 6.22. The Hall–Kier alpha value is -2.08. The molecule has 1 aromatic rings. The summed E-state index contributed by atoms with van der Waals surface area (Å²) in [6.07, 6.45) is 5.09. The van der Waals surface area contributed by atoms with Gasteiger partial charge in [-0.1, -0.05) is 29.8 Å². The number of nitrogens with one attached hydrogen (secondary N) is 2. The highest BCUT2D eigenvalue weighted by Crippen LogP contribution is 2.34. The summed E-state index contributed by atoms with van der Waals surface area (Å²) in [6, 6.07) is 8.73. The fourth-order valence-electron chi connectivity index (χ4n) is 4.50. The minimum atomic E-state index is 0.129. The molecule has 166 valence electrons. The third-order valence-electron chi connectivity index (χ3n) is 6.33. The highest BCUT2D eigenvalue weighted by molar-refractivity contribution is 5.80. The standard InChI is InChI=1S/C24H38N4O2/c1-4-26-24(28-13-11-19(12-14-28)16-22(29)25-3)27-17-21-6-5-15-30-23(21)20-9-7-18(2)8-10-20/h7-10,19,21,23H,4-6,11-17H2,1-3H3,(H,25,29)(H,26,27). The second-order valence-corrected chi connectivity index (χ2v) is 8.61. The van der Waals surface area contributed by atoms with Crippen LogP contribution in [0.25, 0.3) is 0 Å². The molecule has 6 heteroatoms. The molecule has 2 N–H and O–H groups in total. The molecular weight excluding hydrogens is 376 g/mol. The van der Waals surface area contributed by atoms with E-state index in [1.54, 1.807) is 7.05 Å². The first-order chi connectivity index (χ1) is 14.6. The van der Waals surface area contributed by atoms with Gasteiger partial charge in [0.25, 0.3) is 0 Å². The number of rotatable bonds is 6. The minimum absolute atomic E-state index is 0.129. The van der Waals surface area contributed by atoms with Crippen molar-refractivity contribution >= 4 is 11.9 Å². The molecule has 3 rings (SSSR count). The van der Waals surface area contributed by atoms with E-state index in [-0.39, 0.29) is 12.0 Å². The number of aryl methyl sites for hydroxylation is 1. The van der Waals surface area contributed by atoms with Crippen LogP contribution in [-0.2, 0) is 9.53 Å². The number of nitrogens with zero attached hydrogens (tertiary/aromatic N) is 2. The molecule has 2 unspecified atom stereocenters. The van der Waals surface area contributed by atoms with Gasteiger partial charge in [0, 0.05) is 52.2 Å². The molecule has 2 fully saturated rings. The van der Waals surface area contributed by atoms with E-state index < -0.39 is 0 Å². The van der Waals surface area contributed by atoms with Crippen LogP contribution in [0.15, 0.2) is 29.3 Å². The molecule has 1 aromatic carbocycles. The molecule has 2 aliphatic heterocycles. The zero-order valence-corrected chi connectivity index (χ0v) is 18.8. The summed E-state index contributed by atoms with van der Waals surface area (Å²) in [5.41, 5.74) is 2.54. The molecule has 0 radical (unpaired) electrons. The number of benzene rings is 1. The number of guanidine groups is 1. The van der Waals surface area contributed by atoms with E-state index in [0.29, 0.717) is 18.3 Å². The Labute approximate surface area is 181 Å². The van der Waals surface area contributed by atoms with Gasteiger partial charge in [-0.3, -0.25) is 9.79 Å². The van der Waals surface area contributed by atoms with Gasteiger partial charge in [-0.25, -0.2) is 0 Å². The third kappa shape index (κ3) is 6.21. The van der Waals surface area contributed by atoms with Gasteiger partial charge in [0.2, 0.25) is 5.91 Å². The van der Waals surface area contributed by atoms with E-state index in [1.807, 2.05) is 0 Å². The second-order valence-electron chi connectivity index (χ2n) is 8.61. The Kier molecular flexibility index (Phi) is 8.55. The molecule has 0 spiro atoms. The number of aliphatic imine (C=N–C) groups is 1. The smallest absolute Gasteiger partial charge is 0.220 e. The van der Waals surface area contributed by atoms with Gasteiger partial charge < -0.3 is 20.3 Å². The highest BCUT2D eigenvalue weighted by atomic mass is 16.5. The van der Waals surface area contributed by atoms with Crippen molar-refractivity contribution in [2.24, 2.45) is 16.8 Å². The van der Waals surface area contributed by atoms with Crippen LogP contribution >= 0.6 is 0 Å². The normalized spacial score (nSPS) is 23.3. The quantitative estimate of drug-likeness (QED) is 0.554. The van der Waals surface area contributed by atoms with Crippen molar-refractivity contribution in [1.82, 2.24) is 15.5 Å². The molecule has 0 bridgehead atoms. The van der Waals surface area contributed by atoms with E-state index in [4.69, 9.17) is 9.73 Å². The molecule has 2 atom stereocenters. The lowest BCUT2D eigenvalue weighted by atomic mass is 9.89. The molecule has 2 heterocycles. The molecule has 2 aliphatic rings. The summed E-state index contributed by atoms with van der Waals surface area (Å²) in [7, 11) is 1.71. The molecule has 0 aliphatic carbocycles. The van der Waals surface area contributed by atoms with Gasteiger partial charge in [-0.2, -0.15) is 0 Å². The predicted molar refractivity (Wildman–Crippen MR) is 122 cm³/mol. The lowest BCUT2D eigenvalue weighted by Gasteiger charge is -2.35. The predicted octanol–water partition coefficient (Wildman–Crippen LogP) is 3.28. The van der Waals surface area contributed by atoms with Crippen molar-refractivity contribution < 1.29 is 9.53 Å². The van der Waals surface area contributed by atoms with E-state index in [0.717, 1.165) is 64.4 Å². The van der Waals surface area contributed by atoms with Crippen LogP contribution in [0.5, 0.6) is 0 Å². The summed E-state index contributed by atoms with van der Waals surface area (Å²) in [4.78, 5) is 19.1. The molecule has 30 heavy (non-hydrogen) atoms. The van der Waals surface area contributed by atoms with Crippen LogP contribution in [0.4, 0.5) is 0 Å². The van der Waals surface area contributed by atoms with Gasteiger partial charge in [0.15, 0.2) is 5.96 Å². The SMILES string of the molecule is CCNC(=NCC1CCCOC1c1ccc(C)cc1)N1CCC(CC(=O)NC)CC1. The number of ether oxygens (including phenoxy) is 1. The van der Waals surface area contributed by atoms with Crippen molar-refractivity contribution in [3.63, 3.8) is 0 Å². The fraction of sp³-hybridized carbons (Fsp3) is 0.667. The van der Waals surface area contributed by atoms with Gasteiger partial charge >= 0.3 is 0 Å². The maximum atomic E-state index is 11.7. The Morgan fingerprint density at radius 1 is 1.20 bits per heavy atom. The molecule has 1 amide bonds. The Balaban J connectivity index is 1.62. The molecule has 0 aromatic heterocycles. The van der Waals surface area contributed by atoms with E-state index >= 15 is 0 Å². The van der Waals surface area contributed by atoms with Crippen LogP contribution in [0.1, 0.15) is 56.3 Å². The molecular formula is C24H38N4O2. The van der Waals surface area contributed by atoms with Crippen molar-refractivity contribution in [3.05, 3.63) is 35.4 Å². The first-order valence-corrected chi connectivity index (χ1v) is 11.5. The first kappa shape index (κ1) is 22.6. The van der Waals surface area contributed by atoms with Crippen LogP contribution in [-0.4, -0.2) is 56.6 Å². The van der Waals surface area contributed by atoms with Gasteiger partial charge in [-0.05, 0) is 51.0 Å². The summed E-state index contributed by atoms with van der Waals surface area (Å²) in [5.74, 6) is 2.03. The highest BCUT2D eigenvalue weighted by Gasteiger charge is 2.28. The van der Waals surface area contributed by atoms with Gasteiger partial charge in [-0.15, -0.1) is 0 Å². The van der Waals surface area contributed by atoms with E-state index in [9.17, 15) is 4.79 Å². The average molecular weight is 415 g/mol. The van der Waals surface area contributed by atoms with Gasteiger partial charge in [0.1, 0.15) is 0 Å². The zero-order valence-electron chi connectivity index (χ0n) is 18.8. The van der Waals surface area contributed by atoms with Crippen molar-refractivity contribution in [3.8, 4) is 0 Å².